The summed E-state index contributed by atoms with van der Waals surface area (Å²) < 4.78 is 16.9. The number of hydrogen-bond acceptors (Lipinski definition) is 6. The predicted octanol–water partition coefficient (Wildman–Crippen LogP) is 0.980. The van der Waals surface area contributed by atoms with E-state index in [9.17, 15) is 15.5 Å². The molecule has 0 aromatic heterocycles. The number of ether oxygens (including phenoxy) is 2. The van der Waals surface area contributed by atoms with Crippen LogP contribution in [0.4, 0.5) is 0 Å². The average Bonchev–Trinajstić information content (AvgIpc) is 3.09. The molecule has 0 radical (unpaired) electrons. The van der Waals surface area contributed by atoms with Gasteiger partial charge in [0.15, 0.2) is 5.60 Å². The molecule has 6 nitrogen and oxygen atoms in total. The van der Waals surface area contributed by atoms with Crippen molar-refractivity contribution in [3.63, 3.8) is 0 Å². The number of aliphatic hydroxyl groups is 2. The quantitative estimate of drug-likeness (QED) is 0.763. The van der Waals surface area contributed by atoms with Gasteiger partial charge in [0, 0.05) is 6.07 Å². The SMILES string of the molecule is CC(CO)(CO)Oc1cc(Oc2ccc3c(c2)COB3)ccc1C#N. The fourth-order valence-electron chi connectivity index (χ4n) is 2.47. The van der Waals surface area contributed by atoms with Gasteiger partial charge in [-0.25, -0.2) is 0 Å². The minimum absolute atomic E-state index is 0.245. The van der Waals surface area contributed by atoms with Crippen molar-refractivity contribution >= 4 is 12.9 Å². The van der Waals surface area contributed by atoms with Gasteiger partial charge in [-0.15, -0.1) is 0 Å². The lowest BCUT2D eigenvalue weighted by molar-refractivity contribution is -0.0197. The lowest BCUT2D eigenvalue weighted by Crippen LogP contribution is -2.40. The number of nitrogens with zero attached hydrogens (tertiary/aromatic N) is 1. The second kappa shape index (κ2) is 7.15. The summed E-state index contributed by atoms with van der Waals surface area (Å²) in [5, 5.41) is 28.0. The van der Waals surface area contributed by atoms with Crippen molar-refractivity contribution in [1.29, 1.82) is 5.26 Å². The average molecular weight is 339 g/mol. The highest BCUT2D eigenvalue weighted by Gasteiger charge is 2.26. The van der Waals surface area contributed by atoms with Crippen LogP contribution >= 0.6 is 0 Å². The van der Waals surface area contributed by atoms with E-state index in [1.54, 1.807) is 25.1 Å². The van der Waals surface area contributed by atoms with E-state index in [-0.39, 0.29) is 19.0 Å². The zero-order valence-electron chi connectivity index (χ0n) is 13.9. The van der Waals surface area contributed by atoms with Crippen molar-refractivity contribution in [2.24, 2.45) is 0 Å². The summed E-state index contributed by atoms with van der Waals surface area (Å²) in [5.74, 6) is 1.40. The molecule has 128 valence electrons. The number of rotatable bonds is 6. The number of aliphatic hydroxyl groups excluding tert-OH is 2. The standard InChI is InChI=1S/C18H18BNO5/c1-18(10-21,11-22)25-17-7-15(3-2-12(17)8-20)24-14-4-5-16-13(6-14)9-23-19-16/h2-7,19,21-22H,9-11H2,1H3. The van der Waals surface area contributed by atoms with E-state index in [4.69, 9.17) is 14.1 Å². The maximum Gasteiger partial charge on any atom is 0.309 e. The first kappa shape index (κ1) is 17.3. The van der Waals surface area contributed by atoms with Crippen LogP contribution in [-0.4, -0.2) is 36.5 Å². The van der Waals surface area contributed by atoms with Gasteiger partial charge in [-0.1, -0.05) is 6.07 Å². The summed E-state index contributed by atoms with van der Waals surface area (Å²) >= 11 is 0. The van der Waals surface area contributed by atoms with Crippen LogP contribution in [0.3, 0.4) is 0 Å². The summed E-state index contributed by atoms with van der Waals surface area (Å²) in [7, 11) is 0.616. The second-order valence-corrected chi connectivity index (χ2v) is 6.16. The Bertz CT molecular complexity index is 814. The molecule has 1 aliphatic rings. The Morgan fingerprint density at radius 2 is 1.92 bits per heavy atom. The van der Waals surface area contributed by atoms with Crippen molar-refractivity contribution in [1.82, 2.24) is 0 Å². The van der Waals surface area contributed by atoms with Crippen molar-refractivity contribution < 1.29 is 24.3 Å². The second-order valence-electron chi connectivity index (χ2n) is 6.16. The molecule has 0 bridgehead atoms. The maximum absolute atomic E-state index is 9.39. The molecule has 1 aliphatic heterocycles. The largest absolute Gasteiger partial charge is 0.481 e. The van der Waals surface area contributed by atoms with E-state index in [0.29, 0.717) is 31.2 Å². The van der Waals surface area contributed by atoms with E-state index in [0.717, 1.165) is 11.0 Å². The van der Waals surface area contributed by atoms with Crippen LogP contribution in [-0.2, 0) is 11.3 Å². The van der Waals surface area contributed by atoms with Crippen LogP contribution in [0.25, 0.3) is 0 Å². The highest BCUT2D eigenvalue weighted by atomic mass is 16.5. The van der Waals surface area contributed by atoms with Gasteiger partial charge in [-0.3, -0.25) is 0 Å². The normalized spacial score (nSPS) is 12.9. The van der Waals surface area contributed by atoms with E-state index in [1.807, 2.05) is 24.3 Å². The molecule has 0 unspecified atom stereocenters. The van der Waals surface area contributed by atoms with Crippen molar-refractivity contribution in [3.05, 3.63) is 47.5 Å². The highest BCUT2D eigenvalue weighted by Crippen LogP contribution is 2.31. The van der Waals surface area contributed by atoms with Gasteiger partial charge in [0.1, 0.15) is 23.3 Å². The number of nitriles is 1. The predicted molar refractivity (Wildman–Crippen MR) is 92.4 cm³/mol. The van der Waals surface area contributed by atoms with Crippen LogP contribution in [0.1, 0.15) is 18.1 Å². The summed E-state index contributed by atoms with van der Waals surface area (Å²) in [6, 6.07) is 12.6. The number of hydrogen-bond donors (Lipinski definition) is 2. The molecule has 1 heterocycles. The third-order valence-electron chi connectivity index (χ3n) is 4.03. The first-order valence-electron chi connectivity index (χ1n) is 7.89. The van der Waals surface area contributed by atoms with Gasteiger partial charge >= 0.3 is 7.48 Å². The molecule has 2 aromatic rings. The van der Waals surface area contributed by atoms with E-state index in [2.05, 4.69) is 0 Å². The lowest BCUT2D eigenvalue weighted by atomic mass is 9.87. The zero-order chi connectivity index (χ0) is 17.9. The fourth-order valence-corrected chi connectivity index (χ4v) is 2.47. The van der Waals surface area contributed by atoms with Crippen molar-refractivity contribution in [2.75, 3.05) is 13.2 Å². The van der Waals surface area contributed by atoms with Crippen molar-refractivity contribution in [3.8, 4) is 23.3 Å². The molecule has 25 heavy (non-hydrogen) atoms. The van der Waals surface area contributed by atoms with Gasteiger partial charge in [0.2, 0.25) is 0 Å². The Hall–Kier alpha value is -2.53. The molecule has 0 fully saturated rings. The highest BCUT2D eigenvalue weighted by molar-refractivity contribution is 6.48. The minimum atomic E-state index is -1.19. The summed E-state index contributed by atoms with van der Waals surface area (Å²) in [5.41, 5.74) is 1.35. The molecule has 3 rings (SSSR count). The van der Waals surface area contributed by atoms with Crippen LogP contribution in [0.2, 0.25) is 0 Å². The third-order valence-corrected chi connectivity index (χ3v) is 4.03. The van der Waals surface area contributed by atoms with Gasteiger partial charge in [0.25, 0.3) is 0 Å². The minimum Gasteiger partial charge on any atom is -0.481 e. The van der Waals surface area contributed by atoms with Crippen LogP contribution in [0, 0.1) is 11.3 Å². The molecule has 0 amide bonds. The fraction of sp³-hybridized carbons (Fsp3) is 0.278. The number of benzene rings is 2. The molecule has 0 saturated heterocycles. The van der Waals surface area contributed by atoms with Crippen LogP contribution in [0.5, 0.6) is 17.2 Å². The first-order valence-corrected chi connectivity index (χ1v) is 7.89. The Labute approximate surface area is 146 Å². The van der Waals surface area contributed by atoms with Gasteiger partial charge < -0.3 is 24.3 Å². The topological polar surface area (TPSA) is 91.9 Å². The maximum atomic E-state index is 9.39. The van der Waals surface area contributed by atoms with Crippen molar-refractivity contribution in [2.45, 2.75) is 19.1 Å². The molecule has 0 saturated carbocycles. The zero-order valence-corrected chi connectivity index (χ0v) is 13.9. The third kappa shape index (κ3) is 3.77. The number of fused-ring (bicyclic) bond motifs is 1. The Morgan fingerprint density at radius 1 is 1.20 bits per heavy atom. The molecule has 2 aromatic carbocycles. The lowest BCUT2D eigenvalue weighted by Gasteiger charge is -2.27. The van der Waals surface area contributed by atoms with Gasteiger partial charge in [-0.2, -0.15) is 5.26 Å². The molecule has 2 N–H and O–H groups in total. The molecular formula is C18H18BNO5. The summed E-state index contributed by atoms with van der Waals surface area (Å²) in [6.07, 6.45) is 0. The Balaban J connectivity index is 1.85. The molecule has 0 spiro atoms. The summed E-state index contributed by atoms with van der Waals surface area (Å²) in [6.45, 7) is 1.36. The van der Waals surface area contributed by atoms with E-state index < -0.39 is 5.60 Å². The Kier molecular flexibility index (Phi) is 4.95. The van der Waals surface area contributed by atoms with Crippen LogP contribution < -0.4 is 14.9 Å². The monoisotopic (exact) mass is 339 g/mol. The smallest absolute Gasteiger partial charge is 0.309 e. The molecule has 7 heteroatoms. The van der Waals surface area contributed by atoms with Gasteiger partial charge in [-0.05, 0) is 42.2 Å². The molecule has 0 atom stereocenters. The summed E-state index contributed by atoms with van der Waals surface area (Å²) in [4.78, 5) is 0. The Morgan fingerprint density at radius 3 is 2.64 bits per heavy atom. The van der Waals surface area contributed by atoms with E-state index in [1.165, 1.54) is 0 Å². The molecule has 0 aliphatic carbocycles. The molecular weight excluding hydrogens is 321 g/mol. The van der Waals surface area contributed by atoms with Gasteiger partial charge in [0.05, 0.1) is 25.4 Å². The first-order chi connectivity index (χ1) is 12.1. The van der Waals surface area contributed by atoms with E-state index >= 15 is 0 Å². The van der Waals surface area contributed by atoms with Crippen LogP contribution in [0.15, 0.2) is 36.4 Å².